The largest absolute Gasteiger partial charge is 0.496 e. The van der Waals surface area contributed by atoms with Crippen molar-refractivity contribution in [3.8, 4) is 11.5 Å². The molecule has 0 bridgehead atoms. The van der Waals surface area contributed by atoms with E-state index in [4.69, 9.17) is 9.47 Å². The molecule has 0 radical (unpaired) electrons. The molecule has 1 saturated heterocycles. The number of likely N-dealkylation sites (N-methyl/N-ethyl adjacent to an activating group) is 1. The molecule has 2 aromatic carbocycles. The second kappa shape index (κ2) is 11.9. The number of carbonyl (C=O) groups excluding carboxylic acids is 1. The molecule has 0 spiro atoms. The Morgan fingerprint density at radius 3 is 2.41 bits per heavy atom. The molecule has 10 nitrogen and oxygen atoms in total. The van der Waals surface area contributed by atoms with Crippen LogP contribution in [0.15, 0.2) is 42.0 Å². The number of halogens is 1. The zero-order valence-corrected chi connectivity index (χ0v) is 25.1. The molecular formula is C27H30IN7O3S. The number of rotatable bonds is 8. The van der Waals surface area contributed by atoms with Crippen molar-refractivity contribution in [1.82, 2.24) is 19.9 Å². The maximum atomic E-state index is 13.4. The predicted octanol–water partition coefficient (Wildman–Crippen LogP) is 5.19. The van der Waals surface area contributed by atoms with Gasteiger partial charge >= 0.3 is 0 Å². The van der Waals surface area contributed by atoms with Crippen LogP contribution in [0.4, 0.5) is 22.9 Å². The van der Waals surface area contributed by atoms with Crippen molar-refractivity contribution < 1.29 is 14.3 Å². The molecule has 3 heterocycles. The zero-order valence-electron chi connectivity index (χ0n) is 22.2. The molecule has 1 amide bonds. The highest BCUT2D eigenvalue weighted by Crippen LogP contribution is 2.39. The normalized spacial score (nSPS) is 14.3. The highest BCUT2D eigenvalue weighted by Gasteiger charge is 2.21. The van der Waals surface area contributed by atoms with Crippen molar-refractivity contribution >= 4 is 72.9 Å². The first-order valence-corrected chi connectivity index (χ1v) is 14.4. The summed E-state index contributed by atoms with van der Waals surface area (Å²) in [4.78, 5) is 24.6. The molecule has 0 saturated carbocycles. The molecule has 1 aliphatic heterocycles. The summed E-state index contributed by atoms with van der Waals surface area (Å²) < 4.78 is 12.5. The smallest absolute Gasteiger partial charge is 0.258 e. The third-order valence-corrected chi connectivity index (χ3v) is 8.70. The molecule has 0 aliphatic carbocycles. The van der Waals surface area contributed by atoms with E-state index >= 15 is 0 Å². The number of ether oxygens (including phenoxy) is 2. The van der Waals surface area contributed by atoms with Crippen LogP contribution in [0, 0.1) is 10.5 Å². The van der Waals surface area contributed by atoms with Gasteiger partial charge in [0.2, 0.25) is 0 Å². The summed E-state index contributed by atoms with van der Waals surface area (Å²) in [6, 6.07) is 9.91. The van der Waals surface area contributed by atoms with Crippen LogP contribution in [-0.2, 0) is 0 Å². The van der Waals surface area contributed by atoms with Crippen LogP contribution < -0.4 is 25.5 Å². The summed E-state index contributed by atoms with van der Waals surface area (Å²) in [7, 11) is 5.33. The van der Waals surface area contributed by atoms with Crippen molar-refractivity contribution in [2.45, 2.75) is 6.92 Å². The Kier molecular flexibility index (Phi) is 8.35. The van der Waals surface area contributed by atoms with Gasteiger partial charge in [0.15, 0.2) is 5.82 Å². The van der Waals surface area contributed by atoms with E-state index in [2.05, 4.69) is 65.6 Å². The van der Waals surface area contributed by atoms with Gasteiger partial charge in [-0.15, -0.1) is 11.3 Å². The van der Waals surface area contributed by atoms with Crippen LogP contribution >= 0.6 is 33.9 Å². The molecule has 4 aromatic rings. The summed E-state index contributed by atoms with van der Waals surface area (Å²) in [6.45, 7) is 5.95. The second-order valence-electron chi connectivity index (χ2n) is 9.20. The first-order valence-electron chi connectivity index (χ1n) is 12.4. The van der Waals surface area contributed by atoms with Crippen LogP contribution in [-0.4, -0.2) is 73.2 Å². The van der Waals surface area contributed by atoms with Crippen LogP contribution in [0.2, 0.25) is 0 Å². The topological polar surface area (TPSA) is 104 Å². The van der Waals surface area contributed by atoms with Crippen LogP contribution in [0.5, 0.6) is 11.5 Å². The van der Waals surface area contributed by atoms with Gasteiger partial charge < -0.3 is 30.4 Å². The van der Waals surface area contributed by atoms with Gasteiger partial charge in [0.05, 0.1) is 39.3 Å². The lowest BCUT2D eigenvalue weighted by Crippen LogP contribution is -2.46. The number of nitrogens with one attached hydrogen (secondary N) is 3. The van der Waals surface area contributed by atoms with E-state index in [1.54, 1.807) is 14.2 Å². The number of aromatic nitrogens is 2. The minimum absolute atomic E-state index is 0.262. The van der Waals surface area contributed by atoms with Crippen molar-refractivity contribution in [2.75, 3.05) is 63.5 Å². The number of fused-ring (bicyclic) bond motifs is 1. The summed E-state index contributed by atoms with van der Waals surface area (Å²) in [5, 5.41) is 10.5. The Morgan fingerprint density at radius 1 is 1.03 bits per heavy atom. The summed E-state index contributed by atoms with van der Waals surface area (Å²) in [5.41, 5.74) is 7.93. The van der Waals surface area contributed by atoms with E-state index in [1.807, 2.05) is 42.6 Å². The molecule has 5 rings (SSSR count). The molecule has 3 N–H and O–H groups in total. The van der Waals surface area contributed by atoms with E-state index in [9.17, 15) is 4.79 Å². The van der Waals surface area contributed by atoms with Crippen molar-refractivity contribution in [2.24, 2.45) is 0 Å². The third-order valence-electron chi connectivity index (χ3n) is 6.66. The Bertz CT molecular complexity index is 1460. The Balaban J connectivity index is 1.33. The number of hydrazine groups is 1. The second-order valence-corrected chi connectivity index (χ2v) is 11.2. The number of anilines is 4. The maximum Gasteiger partial charge on any atom is 0.258 e. The van der Waals surface area contributed by atoms with Gasteiger partial charge in [-0.2, -0.15) is 0 Å². The van der Waals surface area contributed by atoms with E-state index in [0.717, 1.165) is 51.4 Å². The molecule has 39 heavy (non-hydrogen) atoms. The Labute approximate surface area is 244 Å². The monoisotopic (exact) mass is 659 g/mol. The number of hydrogen-bond acceptors (Lipinski definition) is 10. The van der Waals surface area contributed by atoms with Gasteiger partial charge in [0.25, 0.3) is 5.91 Å². The number of benzene rings is 2. The number of hydrogen-bond donors (Lipinski definition) is 3. The molecule has 1 aliphatic rings. The van der Waals surface area contributed by atoms with E-state index in [1.165, 1.54) is 17.7 Å². The lowest BCUT2D eigenvalue weighted by molar-refractivity contribution is 0.102. The minimum Gasteiger partial charge on any atom is -0.496 e. The number of carbonyl (C=O) groups is 1. The van der Waals surface area contributed by atoms with Crippen LogP contribution in [0.25, 0.3) is 10.2 Å². The summed E-state index contributed by atoms with van der Waals surface area (Å²) in [5.74, 6) is 1.65. The number of thiophene rings is 1. The van der Waals surface area contributed by atoms with Gasteiger partial charge in [-0.05, 0) is 60.8 Å². The maximum absolute atomic E-state index is 13.4. The Morgan fingerprint density at radius 2 is 1.72 bits per heavy atom. The van der Waals surface area contributed by atoms with Crippen molar-refractivity contribution in [1.29, 1.82) is 0 Å². The molecule has 2 aromatic heterocycles. The van der Waals surface area contributed by atoms with Gasteiger partial charge in [0, 0.05) is 54.6 Å². The molecule has 0 atom stereocenters. The molecule has 204 valence electrons. The van der Waals surface area contributed by atoms with Crippen LogP contribution in [0.1, 0.15) is 15.9 Å². The minimum atomic E-state index is -0.262. The SMILES string of the molecule is COc1cc(OC)c(I)c(NC(=O)c2csc3c(Nc4ccc(NN5CCN(C)CC5)cc4)ncnc23)c1C. The summed E-state index contributed by atoms with van der Waals surface area (Å²) >= 11 is 3.59. The number of piperazine rings is 1. The van der Waals surface area contributed by atoms with Gasteiger partial charge in [-0.1, -0.05) is 0 Å². The lowest BCUT2D eigenvalue weighted by Gasteiger charge is -2.33. The molecule has 12 heteroatoms. The van der Waals surface area contributed by atoms with Gasteiger partial charge in [0.1, 0.15) is 17.8 Å². The average Bonchev–Trinajstić information content (AvgIpc) is 3.39. The average molecular weight is 660 g/mol. The third kappa shape index (κ3) is 5.88. The van der Waals surface area contributed by atoms with Gasteiger partial charge in [-0.3, -0.25) is 4.79 Å². The first kappa shape index (κ1) is 27.4. The zero-order chi connectivity index (χ0) is 27.5. The van der Waals surface area contributed by atoms with Gasteiger partial charge in [-0.25, -0.2) is 15.0 Å². The van der Waals surface area contributed by atoms with E-state index in [-0.39, 0.29) is 5.91 Å². The fourth-order valence-corrected chi connectivity index (χ4v) is 6.22. The number of amides is 1. The fourth-order valence-electron chi connectivity index (χ4n) is 4.36. The number of methoxy groups -OCH3 is 2. The van der Waals surface area contributed by atoms with E-state index < -0.39 is 0 Å². The van der Waals surface area contributed by atoms with Crippen LogP contribution in [0.3, 0.4) is 0 Å². The highest BCUT2D eigenvalue weighted by atomic mass is 127. The molecule has 1 fully saturated rings. The van der Waals surface area contributed by atoms with E-state index in [0.29, 0.717) is 34.1 Å². The molecular weight excluding hydrogens is 629 g/mol. The molecule has 0 unspecified atom stereocenters. The number of nitrogens with zero attached hydrogens (tertiary/aromatic N) is 4. The Hall–Kier alpha value is -3.20. The highest BCUT2D eigenvalue weighted by molar-refractivity contribution is 14.1. The first-order chi connectivity index (χ1) is 18.9. The predicted molar refractivity (Wildman–Crippen MR) is 165 cm³/mol. The fraction of sp³-hybridized carbons (Fsp3) is 0.296. The quantitative estimate of drug-likeness (QED) is 0.221. The van der Waals surface area contributed by atoms with Crippen molar-refractivity contribution in [3.05, 3.63) is 56.7 Å². The standard InChI is InChI=1S/C27H30IN7O3S/c1-16-20(37-3)13-21(38-4)22(28)23(16)32-27(36)19-14-39-25-24(19)29-15-30-26(25)31-17-5-7-18(8-6-17)33-35-11-9-34(2)10-12-35/h5-8,13-15,33H,9-12H2,1-4H3,(H,32,36)(H,29,30,31). The van der Waals surface area contributed by atoms with Crippen molar-refractivity contribution in [3.63, 3.8) is 0 Å². The summed E-state index contributed by atoms with van der Waals surface area (Å²) in [6.07, 6.45) is 1.47. The lowest BCUT2D eigenvalue weighted by atomic mass is 10.1.